The lowest BCUT2D eigenvalue weighted by Crippen LogP contribution is -2.27. The second kappa shape index (κ2) is 7.30. The maximum Gasteiger partial charge on any atom is 0.0648 e. The van der Waals surface area contributed by atoms with E-state index >= 15 is 0 Å². The Labute approximate surface area is 81.6 Å². The van der Waals surface area contributed by atoms with Gasteiger partial charge in [-0.1, -0.05) is 6.92 Å². The average molecular weight is 189 g/mol. The molecule has 0 aliphatic carbocycles. The fraction of sp³-hybridized carbons (Fsp3) is 1.00. The SMILES string of the molecule is CCCOC(C)(C)CCOCCN. The van der Waals surface area contributed by atoms with E-state index in [0.29, 0.717) is 13.2 Å². The van der Waals surface area contributed by atoms with Crippen LogP contribution >= 0.6 is 0 Å². The summed E-state index contributed by atoms with van der Waals surface area (Å²) in [4.78, 5) is 0. The van der Waals surface area contributed by atoms with E-state index in [9.17, 15) is 0 Å². The van der Waals surface area contributed by atoms with Crippen molar-refractivity contribution in [2.75, 3.05) is 26.4 Å². The largest absolute Gasteiger partial charge is 0.380 e. The summed E-state index contributed by atoms with van der Waals surface area (Å²) in [6.45, 7) is 9.09. The van der Waals surface area contributed by atoms with Gasteiger partial charge in [0, 0.05) is 19.8 Å². The minimum Gasteiger partial charge on any atom is -0.380 e. The van der Waals surface area contributed by atoms with Crippen LogP contribution in [0.25, 0.3) is 0 Å². The summed E-state index contributed by atoms with van der Waals surface area (Å²) in [7, 11) is 0. The van der Waals surface area contributed by atoms with Crippen molar-refractivity contribution in [3.63, 3.8) is 0 Å². The standard InChI is InChI=1S/C10H23NO2/c1-4-7-13-10(2,3)5-8-12-9-6-11/h4-9,11H2,1-3H3. The lowest BCUT2D eigenvalue weighted by atomic mass is 10.1. The molecule has 80 valence electrons. The fourth-order valence-corrected chi connectivity index (χ4v) is 0.954. The van der Waals surface area contributed by atoms with Crippen LogP contribution in [0.15, 0.2) is 0 Å². The van der Waals surface area contributed by atoms with Crippen LogP contribution in [0.2, 0.25) is 0 Å². The van der Waals surface area contributed by atoms with Crippen LogP contribution in [0.3, 0.4) is 0 Å². The van der Waals surface area contributed by atoms with Gasteiger partial charge in [0.25, 0.3) is 0 Å². The van der Waals surface area contributed by atoms with Crippen LogP contribution in [0, 0.1) is 0 Å². The van der Waals surface area contributed by atoms with Crippen molar-refractivity contribution in [2.24, 2.45) is 5.73 Å². The third-order valence-corrected chi connectivity index (χ3v) is 1.81. The summed E-state index contributed by atoms with van der Waals surface area (Å²) in [5.41, 5.74) is 5.24. The molecule has 0 amide bonds. The van der Waals surface area contributed by atoms with Crippen LogP contribution in [0.1, 0.15) is 33.6 Å². The van der Waals surface area contributed by atoms with E-state index in [2.05, 4.69) is 20.8 Å². The van der Waals surface area contributed by atoms with Crippen LogP contribution in [-0.4, -0.2) is 32.0 Å². The first kappa shape index (κ1) is 12.9. The lowest BCUT2D eigenvalue weighted by Gasteiger charge is -2.24. The molecule has 0 bridgehead atoms. The van der Waals surface area contributed by atoms with E-state index in [1.165, 1.54) is 0 Å². The maximum absolute atomic E-state index is 5.65. The average Bonchev–Trinajstić information content (AvgIpc) is 2.09. The third kappa shape index (κ3) is 8.22. The van der Waals surface area contributed by atoms with Crippen molar-refractivity contribution >= 4 is 0 Å². The molecule has 0 heterocycles. The van der Waals surface area contributed by atoms with Gasteiger partial charge in [-0.3, -0.25) is 0 Å². The first-order chi connectivity index (χ1) is 6.12. The zero-order valence-corrected chi connectivity index (χ0v) is 9.14. The topological polar surface area (TPSA) is 44.5 Å². The summed E-state index contributed by atoms with van der Waals surface area (Å²) in [6.07, 6.45) is 1.99. The summed E-state index contributed by atoms with van der Waals surface area (Å²) in [6, 6.07) is 0. The Hall–Kier alpha value is -0.120. The molecular weight excluding hydrogens is 166 g/mol. The second-order valence-electron chi connectivity index (χ2n) is 3.76. The molecule has 0 radical (unpaired) electrons. The highest BCUT2D eigenvalue weighted by Gasteiger charge is 2.17. The molecule has 2 N–H and O–H groups in total. The summed E-state index contributed by atoms with van der Waals surface area (Å²) in [5, 5.41) is 0. The van der Waals surface area contributed by atoms with E-state index in [1.54, 1.807) is 0 Å². The Balaban J connectivity index is 3.39. The minimum atomic E-state index is -0.0649. The van der Waals surface area contributed by atoms with E-state index < -0.39 is 0 Å². The van der Waals surface area contributed by atoms with Gasteiger partial charge in [0.1, 0.15) is 0 Å². The third-order valence-electron chi connectivity index (χ3n) is 1.81. The molecular formula is C10H23NO2. The normalized spacial score (nSPS) is 12.0. The molecule has 13 heavy (non-hydrogen) atoms. The highest BCUT2D eigenvalue weighted by atomic mass is 16.5. The predicted molar refractivity (Wildman–Crippen MR) is 54.8 cm³/mol. The van der Waals surface area contributed by atoms with Crippen molar-refractivity contribution < 1.29 is 9.47 Å². The summed E-state index contributed by atoms with van der Waals surface area (Å²) in [5.74, 6) is 0. The summed E-state index contributed by atoms with van der Waals surface area (Å²) >= 11 is 0. The molecule has 0 unspecified atom stereocenters. The maximum atomic E-state index is 5.65. The van der Waals surface area contributed by atoms with Crippen LogP contribution < -0.4 is 5.73 Å². The number of hydrogen-bond donors (Lipinski definition) is 1. The van der Waals surface area contributed by atoms with Crippen LogP contribution in [-0.2, 0) is 9.47 Å². The first-order valence-electron chi connectivity index (χ1n) is 5.04. The monoisotopic (exact) mass is 189 g/mol. The van der Waals surface area contributed by atoms with Gasteiger partial charge in [-0.2, -0.15) is 0 Å². The molecule has 3 heteroatoms. The molecule has 3 nitrogen and oxygen atoms in total. The van der Waals surface area contributed by atoms with Crippen molar-refractivity contribution in [3.05, 3.63) is 0 Å². The Morgan fingerprint density at radius 3 is 2.38 bits per heavy atom. The first-order valence-corrected chi connectivity index (χ1v) is 5.04. The molecule has 0 saturated carbocycles. The fourth-order valence-electron chi connectivity index (χ4n) is 0.954. The van der Waals surface area contributed by atoms with Gasteiger partial charge in [-0.25, -0.2) is 0 Å². The molecule has 0 aromatic heterocycles. The predicted octanol–water partition coefficient (Wildman–Crippen LogP) is 1.56. The highest BCUT2D eigenvalue weighted by molar-refractivity contribution is 4.67. The second-order valence-corrected chi connectivity index (χ2v) is 3.76. The van der Waals surface area contributed by atoms with Crippen LogP contribution in [0.5, 0.6) is 0 Å². The lowest BCUT2D eigenvalue weighted by molar-refractivity contribution is -0.0398. The van der Waals surface area contributed by atoms with Crippen LogP contribution in [0.4, 0.5) is 0 Å². The molecule has 0 aromatic carbocycles. The Morgan fingerprint density at radius 2 is 1.85 bits per heavy atom. The van der Waals surface area contributed by atoms with E-state index in [4.69, 9.17) is 15.2 Å². The van der Waals surface area contributed by atoms with Gasteiger partial charge in [0.15, 0.2) is 0 Å². The number of nitrogens with two attached hydrogens (primary N) is 1. The Morgan fingerprint density at radius 1 is 1.15 bits per heavy atom. The molecule has 0 aliphatic heterocycles. The van der Waals surface area contributed by atoms with Gasteiger partial charge >= 0.3 is 0 Å². The molecule has 0 rings (SSSR count). The molecule has 0 spiro atoms. The van der Waals surface area contributed by atoms with E-state index in [-0.39, 0.29) is 5.60 Å². The number of rotatable bonds is 8. The van der Waals surface area contributed by atoms with Gasteiger partial charge in [0.05, 0.1) is 12.2 Å². The van der Waals surface area contributed by atoms with Gasteiger partial charge in [-0.05, 0) is 26.7 Å². The minimum absolute atomic E-state index is 0.0649. The van der Waals surface area contributed by atoms with Crippen molar-refractivity contribution in [1.82, 2.24) is 0 Å². The Bertz CT molecular complexity index is 115. The van der Waals surface area contributed by atoms with E-state index in [1.807, 2.05) is 0 Å². The van der Waals surface area contributed by atoms with Gasteiger partial charge in [0.2, 0.25) is 0 Å². The quantitative estimate of drug-likeness (QED) is 0.589. The summed E-state index contributed by atoms with van der Waals surface area (Å²) < 4.78 is 10.9. The molecule has 0 saturated heterocycles. The zero-order chi connectivity index (χ0) is 10.2. The highest BCUT2D eigenvalue weighted by Crippen LogP contribution is 2.14. The van der Waals surface area contributed by atoms with Gasteiger partial charge in [-0.15, -0.1) is 0 Å². The van der Waals surface area contributed by atoms with Crippen molar-refractivity contribution in [3.8, 4) is 0 Å². The molecule has 0 fully saturated rings. The molecule has 0 aliphatic rings. The van der Waals surface area contributed by atoms with Crippen molar-refractivity contribution in [2.45, 2.75) is 39.2 Å². The Kier molecular flexibility index (Phi) is 7.23. The number of ether oxygens (including phenoxy) is 2. The molecule has 0 aromatic rings. The van der Waals surface area contributed by atoms with E-state index in [0.717, 1.165) is 26.1 Å². The molecule has 0 atom stereocenters. The zero-order valence-electron chi connectivity index (χ0n) is 9.14. The smallest absolute Gasteiger partial charge is 0.0648 e. The van der Waals surface area contributed by atoms with Gasteiger partial charge < -0.3 is 15.2 Å². The number of hydrogen-bond acceptors (Lipinski definition) is 3. The van der Waals surface area contributed by atoms with Crippen molar-refractivity contribution in [1.29, 1.82) is 0 Å².